The highest BCUT2D eigenvalue weighted by atomic mass is 32.1. The molecule has 0 aliphatic carbocycles. The molecule has 2 nitrogen and oxygen atoms in total. The second-order valence-corrected chi connectivity index (χ2v) is 5.54. The molecule has 26 heavy (non-hydrogen) atoms. The third kappa shape index (κ3) is 4.01. The number of benzene rings is 3. The molecule has 3 rings (SSSR count). The molecule has 0 aliphatic rings. The van der Waals surface area contributed by atoms with Crippen molar-refractivity contribution in [3.63, 3.8) is 0 Å². The Bertz CT molecular complexity index is 1030. The summed E-state index contributed by atoms with van der Waals surface area (Å²) in [6.07, 6.45) is 0. The number of nitrogens with zero attached hydrogens (tertiary/aromatic N) is 1. The minimum Gasteiger partial charge on any atom is -0.508 e. The highest BCUT2D eigenvalue weighted by Gasteiger charge is 2.08. The van der Waals surface area contributed by atoms with E-state index in [1.54, 1.807) is 12.1 Å². The quantitative estimate of drug-likeness (QED) is 0.372. The fraction of sp³-hybridized carbons (Fsp3) is 0. The molecule has 5 heteroatoms. The number of isothiocyanates is 1. The minimum absolute atomic E-state index is 0.374. The largest absolute Gasteiger partial charge is 0.508 e. The van der Waals surface area contributed by atoms with E-state index in [2.05, 4.69) is 34.2 Å². The fourth-order valence-corrected chi connectivity index (χ4v) is 2.45. The first-order valence-corrected chi connectivity index (χ1v) is 7.96. The third-order valence-electron chi connectivity index (χ3n) is 3.62. The lowest BCUT2D eigenvalue weighted by Crippen LogP contribution is -1.89. The molecule has 126 valence electrons. The fourth-order valence-electron chi connectivity index (χ4n) is 2.34. The van der Waals surface area contributed by atoms with Gasteiger partial charge in [-0.25, -0.2) is 8.78 Å². The van der Waals surface area contributed by atoms with E-state index in [4.69, 9.17) is 5.11 Å². The van der Waals surface area contributed by atoms with Crippen LogP contribution in [0.5, 0.6) is 5.75 Å². The minimum atomic E-state index is -0.898. The van der Waals surface area contributed by atoms with Gasteiger partial charge in [-0.3, -0.25) is 0 Å². The Labute approximate surface area is 154 Å². The molecule has 0 radical (unpaired) electrons. The van der Waals surface area contributed by atoms with Gasteiger partial charge in [0.2, 0.25) is 0 Å². The van der Waals surface area contributed by atoms with Crippen LogP contribution in [0.2, 0.25) is 0 Å². The second kappa shape index (κ2) is 7.71. The van der Waals surface area contributed by atoms with Gasteiger partial charge in [-0.15, -0.1) is 0 Å². The van der Waals surface area contributed by atoms with Crippen LogP contribution in [-0.4, -0.2) is 10.3 Å². The van der Waals surface area contributed by atoms with Crippen molar-refractivity contribution in [1.82, 2.24) is 0 Å². The van der Waals surface area contributed by atoms with E-state index in [0.717, 1.165) is 28.9 Å². The predicted molar refractivity (Wildman–Crippen MR) is 101 cm³/mol. The van der Waals surface area contributed by atoms with E-state index in [0.29, 0.717) is 5.56 Å². The zero-order valence-corrected chi connectivity index (χ0v) is 14.1. The first-order chi connectivity index (χ1) is 12.6. The van der Waals surface area contributed by atoms with Crippen molar-refractivity contribution in [2.24, 2.45) is 4.99 Å². The average Bonchev–Trinajstić information content (AvgIpc) is 2.62. The van der Waals surface area contributed by atoms with Crippen molar-refractivity contribution in [3.8, 4) is 28.7 Å². The number of aromatic hydroxyl groups is 1. The van der Waals surface area contributed by atoms with E-state index in [9.17, 15) is 8.78 Å². The number of rotatable bonds is 2. The Balaban J connectivity index is 1.84. The van der Waals surface area contributed by atoms with Gasteiger partial charge >= 0.3 is 0 Å². The Morgan fingerprint density at radius 3 is 1.88 bits per heavy atom. The number of aliphatic imine (C=N–C) groups is 1. The van der Waals surface area contributed by atoms with Crippen molar-refractivity contribution in [1.29, 1.82) is 0 Å². The molecule has 0 aliphatic heterocycles. The SMILES string of the molecule is Oc1cc(F)c(C#Cc2ccc(-c3ccc(N=C=S)cc3)cc2)c(F)c1. The van der Waals surface area contributed by atoms with Crippen LogP contribution in [0.1, 0.15) is 11.1 Å². The number of phenols is 1. The van der Waals surface area contributed by atoms with Crippen molar-refractivity contribution in [2.45, 2.75) is 0 Å². The van der Waals surface area contributed by atoms with Crippen LogP contribution in [0.3, 0.4) is 0 Å². The van der Waals surface area contributed by atoms with Crippen LogP contribution in [0, 0.1) is 23.5 Å². The molecule has 3 aromatic carbocycles. The van der Waals surface area contributed by atoms with Crippen molar-refractivity contribution in [2.75, 3.05) is 0 Å². The highest BCUT2D eigenvalue weighted by molar-refractivity contribution is 7.78. The highest BCUT2D eigenvalue weighted by Crippen LogP contribution is 2.23. The summed E-state index contributed by atoms with van der Waals surface area (Å²) < 4.78 is 27.3. The number of hydrogen-bond acceptors (Lipinski definition) is 3. The van der Waals surface area contributed by atoms with Gasteiger partial charge in [0.25, 0.3) is 0 Å². The average molecular weight is 363 g/mol. The lowest BCUT2D eigenvalue weighted by atomic mass is 10.0. The van der Waals surface area contributed by atoms with Gasteiger partial charge in [0.1, 0.15) is 17.4 Å². The summed E-state index contributed by atoms with van der Waals surface area (Å²) in [5, 5.41) is 11.5. The topological polar surface area (TPSA) is 32.6 Å². The Hall–Kier alpha value is -3.32. The first kappa shape index (κ1) is 17.5. The first-order valence-electron chi connectivity index (χ1n) is 7.55. The van der Waals surface area contributed by atoms with Crippen LogP contribution in [0.4, 0.5) is 14.5 Å². The molecule has 3 aromatic rings. The summed E-state index contributed by atoms with van der Waals surface area (Å²) >= 11 is 4.57. The van der Waals surface area contributed by atoms with E-state index in [1.165, 1.54) is 0 Å². The number of phenolic OH excluding ortho intramolecular Hbond substituents is 1. The van der Waals surface area contributed by atoms with Crippen LogP contribution < -0.4 is 0 Å². The second-order valence-electron chi connectivity index (χ2n) is 5.36. The maximum atomic E-state index is 13.7. The number of halogens is 2. The Morgan fingerprint density at radius 2 is 1.35 bits per heavy atom. The van der Waals surface area contributed by atoms with Gasteiger partial charge in [0.05, 0.1) is 16.4 Å². The molecule has 0 saturated heterocycles. The molecule has 0 fully saturated rings. The van der Waals surface area contributed by atoms with Crippen molar-refractivity contribution in [3.05, 3.63) is 83.4 Å². The van der Waals surface area contributed by atoms with Gasteiger partial charge in [-0.2, -0.15) is 4.99 Å². The smallest absolute Gasteiger partial charge is 0.145 e. The summed E-state index contributed by atoms with van der Waals surface area (Å²) in [6.45, 7) is 0. The molecule has 0 heterocycles. The van der Waals surface area contributed by atoms with E-state index in [-0.39, 0.29) is 5.56 Å². The van der Waals surface area contributed by atoms with Gasteiger partial charge in [-0.05, 0) is 47.6 Å². The van der Waals surface area contributed by atoms with Crippen LogP contribution >= 0.6 is 12.2 Å². The summed E-state index contributed by atoms with van der Waals surface area (Å²) in [5.41, 5.74) is 2.92. The molecule has 0 spiro atoms. The molecule has 1 N–H and O–H groups in total. The molecular formula is C21H11F2NOS. The van der Waals surface area contributed by atoms with Gasteiger partial charge in [0.15, 0.2) is 0 Å². The number of thiocarbonyl (C=S) groups is 1. The van der Waals surface area contributed by atoms with Crippen molar-refractivity contribution >= 4 is 23.1 Å². The summed E-state index contributed by atoms with van der Waals surface area (Å²) in [5.74, 6) is 2.92. The molecule has 0 unspecified atom stereocenters. The number of hydrogen-bond donors (Lipinski definition) is 1. The monoisotopic (exact) mass is 363 g/mol. The molecule has 0 saturated carbocycles. The normalized spacial score (nSPS) is 9.77. The van der Waals surface area contributed by atoms with Gasteiger partial charge in [-0.1, -0.05) is 36.1 Å². The standard InChI is InChI=1S/C21H11F2NOS/c22-20-11-18(25)12-21(23)19(20)10-3-14-1-4-15(5-2-14)16-6-8-17(9-7-16)24-13-26/h1-2,4-9,11-12,25H. The molecule has 0 aromatic heterocycles. The molecule has 0 atom stereocenters. The van der Waals surface area contributed by atoms with Gasteiger partial charge < -0.3 is 5.11 Å². The zero-order chi connectivity index (χ0) is 18.5. The lowest BCUT2D eigenvalue weighted by Gasteiger charge is -2.02. The third-order valence-corrected chi connectivity index (χ3v) is 3.71. The van der Waals surface area contributed by atoms with Crippen LogP contribution in [0.15, 0.2) is 65.7 Å². The summed E-state index contributed by atoms with van der Waals surface area (Å²) in [7, 11) is 0. The predicted octanol–water partition coefficient (Wildman–Crippen LogP) is 5.47. The molecule has 0 bridgehead atoms. The zero-order valence-electron chi connectivity index (χ0n) is 13.3. The molecular weight excluding hydrogens is 352 g/mol. The van der Waals surface area contributed by atoms with E-state index >= 15 is 0 Å². The van der Waals surface area contributed by atoms with Gasteiger partial charge in [0, 0.05) is 17.7 Å². The van der Waals surface area contributed by atoms with Crippen LogP contribution in [-0.2, 0) is 0 Å². The van der Waals surface area contributed by atoms with E-state index < -0.39 is 17.4 Å². The maximum Gasteiger partial charge on any atom is 0.145 e. The summed E-state index contributed by atoms with van der Waals surface area (Å²) in [4.78, 5) is 3.90. The maximum absolute atomic E-state index is 13.7. The molecule has 0 amide bonds. The van der Waals surface area contributed by atoms with E-state index in [1.807, 2.05) is 36.4 Å². The van der Waals surface area contributed by atoms with Crippen LogP contribution in [0.25, 0.3) is 11.1 Å². The summed E-state index contributed by atoms with van der Waals surface area (Å²) in [6, 6.07) is 16.4. The Morgan fingerprint density at radius 1 is 0.808 bits per heavy atom. The van der Waals surface area contributed by atoms with Crippen molar-refractivity contribution < 1.29 is 13.9 Å². The lowest BCUT2D eigenvalue weighted by molar-refractivity contribution is 0.459. The Kier molecular flexibility index (Phi) is 5.19.